The van der Waals surface area contributed by atoms with Gasteiger partial charge in [0.15, 0.2) is 6.29 Å². The highest BCUT2D eigenvalue weighted by molar-refractivity contribution is 5.90. The van der Waals surface area contributed by atoms with Crippen LogP contribution in [0.4, 0.5) is 0 Å². The van der Waals surface area contributed by atoms with E-state index in [0.29, 0.717) is 12.2 Å². The molecule has 0 aliphatic rings. The molecule has 0 saturated heterocycles. The molecule has 3 atom stereocenters. The molecule has 1 aromatic rings. The maximum Gasteiger partial charge on any atom is 0.352 e. The average molecular weight is 353 g/mol. The predicted octanol–water partition coefficient (Wildman–Crippen LogP) is 2.25. The molecule has 0 saturated carbocycles. The van der Waals surface area contributed by atoms with Gasteiger partial charge in [0.2, 0.25) is 5.72 Å². The first-order valence-electron chi connectivity index (χ1n) is 8.10. The number of hydrogen-bond acceptors (Lipinski definition) is 6. The number of rotatable bonds is 8. The molecule has 140 valence electrons. The number of carbonyl (C=O) groups is 2. The van der Waals surface area contributed by atoms with Crippen molar-refractivity contribution in [3.63, 3.8) is 0 Å². The lowest BCUT2D eigenvalue weighted by molar-refractivity contribution is -0.224. The number of carbonyl (C=O) groups excluding carboxylic acids is 1. The zero-order valence-electron chi connectivity index (χ0n) is 15.3. The lowest BCUT2D eigenvalue weighted by Gasteiger charge is -2.35. The van der Waals surface area contributed by atoms with Crippen molar-refractivity contribution in [2.45, 2.75) is 58.2 Å². The van der Waals surface area contributed by atoms with E-state index >= 15 is 0 Å². The normalized spacial score (nSPS) is 16.6. The minimum Gasteiger partial charge on any atom is -0.478 e. The van der Waals surface area contributed by atoms with Crippen LogP contribution in [0.15, 0.2) is 30.3 Å². The molecule has 1 aromatic carbocycles. The first kappa shape index (κ1) is 21.1. The van der Waals surface area contributed by atoms with Crippen LogP contribution in [-0.2, 0) is 23.8 Å². The van der Waals surface area contributed by atoms with Crippen LogP contribution in [0.3, 0.4) is 0 Å². The lowest BCUT2D eigenvalue weighted by atomic mass is 9.88. The van der Waals surface area contributed by atoms with Crippen molar-refractivity contribution >= 4 is 11.9 Å². The molecule has 7 heteroatoms. The van der Waals surface area contributed by atoms with Gasteiger partial charge in [-0.05, 0) is 40.2 Å². The molecule has 0 heterocycles. The van der Waals surface area contributed by atoms with E-state index in [1.165, 1.54) is 6.92 Å². The number of esters is 1. The Kier molecular flexibility index (Phi) is 7.10. The van der Waals surface area contributed by atoms with Crippen LogP contribution in [0, 0.1) is 0 Å². The Morgan fingerprint density at radius 1 is 1.20 bits per heavy atom. The summed E-state index contributed by atoms with van der Waals surface area (Å²) < 4.78 is 16.1. The highest BCUT2D eigenvalue weighted by Gasteiger charge is 2.51. The molecule has 0 aliphatic heterocycles. The van der Waals surface area contributed by atoms with Crippen molar-refractivity contribution in [1.82, 2.24) is 0 Å². The number of nitrogens with two attached hydrogens (primary N) is 1. The molecule has 0 radical (unpaired) electrons. The molecule has 0 aliphatic carbocycles. The van der Waals surface area contributed by atoms with Crippen molar-refractivity contribution in [2.24, 2.45) is 5.73 Å². The fraction of sp³-hybridized carbons (Fsp3) is 0.556. The standard InChI is InChI=1S/C18H27NO6/c1-6-23-12(2)24-18(19,16(21)22)14(13-10-8-7-9-11-13)15(20)25-17(3,4)5/h7-12,14H,6,19H2,1-5H3,(H,21,22)/t12?,14-,18-/m1/s1. The van der Waals surface area contributed by atoms with E-state index in [-0.39, 0.29) is 0 Å². The summed E-state index contributed by atoms with van der Waals surface area (Å²) in [5, 5.41) is 9.72. The van der Waals surface area contributed by atoms with Gasteiger partial charge in [0.05, 0.1) is 0 Å². The highest BCUT2D eigenvalue weighted by atomic mass is 16.7. The van der Waals surface area contributed by atoms with E-state index < -0.39 is 35.5 Å². The highest BCUT2D eigenvalue weighted by Crippen LogP contribution is 2.32. The summed E-state index contributed by atoms with van der Waals surface area (Å²) in [7, 11) is 0. The van der Waals surface area contributed by atoms with E-state index in [4.69, 9.17) is 19.9 Å². The van der Waals surface area contributed by atoms with Crippen LogP contribution < -0.4 is 5.73 Å². The largest absolute Gasteiger partial charge is 0.478 e. The summed E-state index contributed by atoms with van der Waals surface area (Å²) in [5.41, 5.74) is 3.29. The smallest absolute Gasteiger partial charge is 0.352 e. The van der Waals surface area contributed by atoms with Crippen LogP contribution in [0.25, 0.3) is 0 Å². The first-order valence-corrected chi connectivity index (χ1v) is 8.10. The third-order valence-corrected chi connectivity index (χ3v) is 3.30. The second kappa shape index (κ2) is 8.42. The van der Waals surface area contributed by atoms with Crippen LogP contribution in [0.5, 0.6) is 0 Å². The van der Waals surface area contributed by atoms with Crippen molar-refractivity contribution < 1.29 is 28.9 Å². The number of aliphatic carboxylic acids is 1. The zero-order valence-corrected chi connectivity index (χ0v) is 15.3. The first-order chi connectivity index (χ1) is 11.5. The summed E-state index contributed by atoms with van der Waals surface area (Å²) >= 11 is 0. The minimum absolute atomic E-state index is 0.305. The molecule has 0 bridgehead atoms. The summed E-state index contributed by atoms with van der Waals surface area (Å²) in [6, 6.07) is 8.32. The maximum absolute atomic E-state index is 12.8. The van der Waals surface area contributed by atoms with E-state index in [0.717, 1.165) is 0 Å². The van der Waals surface area contributed by atoms with Gasteiger partial charge in [0, 0.05) is 6.61 Å². The number of benzene rings is 1. The Morgan fingerprint density at radius 2 is 1.76 bits per heavy atom. The number of carboxylic acid groups (broad SMARTS) is 1. The maximum atomic E-state index is 12.8. The molecule has 1 rings (SSSR count). The summed E-state index contributed by atoms with van der Waals surface area (Å²) in [6.07, 6.45) is -0.917. The second-order valence-corrected chi connectivity index (χ2v) is 6.62. The van der Waals surface area contributed by atoms with Crippen LogP contribution >= 0.6 is 0 Å². The predicted molar refractivity (Wildman–Crippen MR) is 91.8 cm³/mol. The number of ether oxygens (including phenoxy) is 3. The van der Waals surface area contributed by atoms with Crippen LogP contribution in [-0.4, -0.2) is 41.3 Å². The van der Waals surface area contributed by atoms with Crippen LogP contribution in [0.2, 0.25) is 0 Å². The molecule has 0 fully saturated rings. The van der Waals surface area contributed by atoms with Gasteiger partial charge >= 0.3 is 11.9 Å². The molecule has 0 spiro atoms. The van der Waals surface area contributed by atoms with Gasteiger partial charge < -0.3 is 19.3 Å². The zero-order chi connectivity index (χ0) is 19.3. The number of hydrogen-bond donors (Lipinski definition) is 2. The Morgan fingerprint density at radius 3 is 2.20 bits per heavy atom. The quantitative estimate of drug-likeness (QED) is 0.545. The minimum atomic E-state index is -2.35. The van der Waals surface area contributed by atoms with E-state index in [2.05, 4.69) is 0 Å². The molecule has 3 N–H and O–H groups in total. The van der Waals surface area contributed by atoms with Gasteiger partial charge in [-0.1, -0.05) is 30.3 Å². The number of carboxylic acids is 1. The van der Waals surface area contributed by atoms with Crippen molar-refractivity contribution in [1.29, 1.82) is 0 Å². The van der Waals surface area contributed by atoms with E-state index in [1.807, 2.05) is 0 Å². The lowest BCUT2D eigenvalue weighted by Crippen LogP contribution is -2.59. The Labute approximate surface area is 148 Å². The summed E-state index contributed by atoms with van der Waals surface area (Å²) in [6.45, 7) is 8.63. The molecule has 7 nitrogen and oxygen atoms in total. The molecule has 0 amide bonds. The van der Waals surface area contributed by atoms with Gasteiger partial charge in [-0.25, -0.2) is 4.79 Å². The average Bonchev–Trinajstić information content (AvgIpc) is 2.46. The summed E-state index contributed by atoms with van der Waals surface area (Å²) in [5.74, 6) is -3.64. The van der Waals surface area contributed by atoms with Gasteiger partial charge in [0.1, 0.15) is 11.5 Å². The monoisotopic (exact) mass is 353 g/mol. The Bertz CT molecular complexity index is 583. The van der Waals surface area contributed by atoms with Gasteiger partial charge in [0.25, 0.3) is 0 Å². The Hall–Kier alpha value is -1.96. The molecule has 0 aromatic heterocycles. The fourth-order valence-electron chi connectivity index (χ4n) is 2.35. The summed E-state index contributed by atoms with van der Waals surface area (Å²) in [4.78, 5) is 24.7. The van der Waals surface area contributed by atoms with Gasteiger partial charge in [-0.15, -0.1) is 0 Å². The van der Waals surface area contributed by atoms with Crippen molar-refractivity contribution in [2.75, 3.05) is 6.61 Å². The van der Waals surface area contributed by atoms with Crippen molar-refractivity contribution in [3.05, 3.63) is 35.9 Å². The van der Waals surface area contributed by atoms with Gasteiger partial charge in [-0.3, -0.25) is 10.5 Å². The van der Waals surface area contributed by atoms with Gasteiger partial charge in [-0.2, -0.15) is 0 Å². The van der Waals surface area contributed by atoms with E-state index in [9.17, 15) is 14.7 Å². The Balaban J connectivity index is 3.35. The van der Waals surface area contributed by atoms with Crippen LogP contribution in [0.1, 0.15) is 46.1 Å². The van der Waals surface area contributed by atoms with E-state index in [1.54, 1.807) is 58.0 Å². The third-order valence-electron chi connectivity index (χ3n) is 3.30. The SMILES string of the molecule is CCOC(C)O[C@@](N)(C(=O)O)[C@@H](C(=O)OC(C)(C)C)c1ccccc1. The molecule has 1 unspecified atom stereocenters. The molecular weight excluding hydrogens is 326 g/mol. The molecular formula is C18H27NO6. The third kappa shape index (κ3) is 5.81. The van der Waals surface area contributed by atoms with Crippen molar-refractivity contribution in [3.8, 4) is 0 Å². The molecule has 25 heavy (non-hydrogen) atoms. The fourth-order valence-corrected chi connectivity index (χ4v) is 2.35. The second-order valence-electron chi connectivity index (χ2n) is 6.62. The topological polar surface area (TPSA) is 108 Å².